The molecule has 0 aliphatic carbocycles. The van der Waals surface area contributed by atoms with Crippen LogP contribution in [0.1, 0.15) is 18.5 Å². The van der Waals surface area contributed by atoms with Crippen LogP contribution in [0.3, 0.4) is 0 Å². The van der Waals surface area contributed by atoms with Crippen molar-refractivity contribution in [3.8, 4) is 11.5 Å². The van der Waals surface area contributed by atoms with Crippen molar-refractivity contribution >= 4 is 11.9 Å². The van der Waals surface area contributed by atoms with Crippen molar-refractivity contribution < 1.29 is 19.0 Å². The molecule has 0 saturated heterocycles. The molecule has 26 heavy (non-hydrogen) atoms. The van der Waals surface area contributed by atoms with Crippen LogP contribution < -0.4 is 14.8 Å². The summed E-state index contributed by atoms with van der Waals surface area (Å²) in [6.07, 6.45) is 1.51. The molecule has 2 aromatic rings. The molecule has 9 nitrogen and oxygen atoms in total. The van der Waals surface area contributed by atoms with Gasteiger partial charge in [0.15, 0.2) is 0 Å². The number of fused-ring (bicyclic) bond motifs is 1. The Morgan fingerprint density at radius 2 is 2.19 bits per heavy atom. The topological polar surface area (TPSA) is 100 Å². The van der Waals surface area contributed by atoms with Crippen molar-refractivity contribution in [2.24, 2.45) is 0 Å². The number of nitrogens with zero attached hydrogens (tertiary/aromatic N) is 4. The minimum Gasteiger partial charge on any atom is -0.497 e. The number of benzene rings is 1. The molecule has 0 spiro atoms. The van der Waals surface area contributed by atoms with Gasteiger partial charge in [0.1, 0.15) is 24.1 Å². The molecule has 1 aliphatic heterocycles. The molecule has 9 heteroatoms. The van der Waals surface area contributed by atoms with E-state index < -0.39 is 12.0 Å². The largest absolute Gasteiger partial charge is 0.497 e. The van der Waals surface area contributed by atoms with Gasteiger partial charge in [0, 0.05) is 17.3 Å². The summed E-state index contributed by atoms with van der Waals surface area (Å²) in [5, 5.41) is 14.7. The SMILES string of the molecule is C=CCOC(=O)C1=C(C)Nc2nnnn2[C@H]1c1ccc(OC)cc1OC. The predicted molar refractivity (Wildman–Crippen MR) is 93.0 cm³/mol. The lowest BCUT2D eigenvalue weighted by Gasteiger charge is -2.28. The standard InChI is InChI=1S/C17H19N5O4/c1-5-8-26-16(23)14-10(2)18-17-19-20-21-22(17)15(14)12-7-6-11(24-3)9-13(12)25-4/h5-7,9,15H,1,8H2,2-4H3,(H,18,19,21)/t15-/m0/s1. The number of methoxy groups -OCH3 is 2. The molecular weight excluding hydrogens is 338 g/mol. The van der Waals surface area contributed by atoms with E-state index in [-0.39, 0.29) is 6.61 Å². The molecule has 136 valence electrons. The van der Waals surface area contributed by atoms with Crippen molar-refractivity contribution in [2.75, 3.05) is 26.1 Å². The Labute approximate surface area is 150 Å². The highest BCUT2D eigenvalue weighted by Gasteiger charge is 2.36. The lowest BCUT2D eigenvalue weighted by Crippen LogP contribution is -2.30. The monoisotopic (exact) mass is 357 g/mol. The van der Waals surface area contributed by atoms with E-state index in [4.69, 9.17) is 14.2 Å². The summed E-state index contributed by atoms with van der Waals surface area (Å²) in [5.74, 6) is 1.11. The highest BCUT2D eigenvalue weighted by Crippen LogP contribution is 2.40. The van der Waals surface area contributed by atoms with Crippen molar-refractivity contribution in [1.29, 1.82) is 0 Å². The van der Waals surface area contributed by atoms with Gasteiger partial charge in [0.25, 0.3) is 0 Å². The van der Waals surface area contributed by atoms with Gasteiger partial charge in [-0.15, -0.1) is 0 Å². The molecular formula is C17H19N5O4. The highest BCUT2D eigenvalue weighted by molar-refractivity contribution is 5.92. The number of anilines is 1. The fourth-order valence-electron chi connectivity index (χ4n) is 2.82. The van der Waals surface area contributed by atoms with Crippen molar-refractivity contribution in [2.45, 2.75) is 13.0 Å². The average Bonchev–Trinajstić information content (AvgIpc) is 3.12. The molecule has 0 unspecified atom stereocenters. The summed E-state index contributed by atoms with van der Waals surface area (Å²) in [6.45, 7) is 5.44. The normalized spacial score (nSPS) is 15.7. The van der Waals surface area contributed by atoms with Gasteiger partial charge in [-0.25, -0.2) is 4.79 Å². The van der Waals surface area contributed by atoms with Crippen molar-refractivity contribution in [3.05, 3.63) is 47.7 Å². The van der Waals surface area contributed by atoms with Gasteiger partial charge in [-0.3, -0.25) is 0 Å². The molecule has 0 fully saturated rings. The third-order valence-corrected chi connectivity index (χ3v) is 4.00. The van der Waals surface area contributed by atoms with E-state index in [9.17, 15) is 4.79 Å². The molecule has 0 radical (unpaired) electrons. The van der Waals surface area contributed by atoms with E-state index >= 15 is 0 Å². The fraction of sp³-hybridized carbons (Fsp3) is 0.294. The maximum atomic E-state index is 12.7. The van der Waals surface area contributed by atoms with Gasteiger partial charge in [-0.2, -0.15) is 4.68 Å². The Kier molecular flexibility index (Phi) is 4.87. The van der Waals surface area contributed by atoms with Crippen LogP contribution in [0.4, 0.5) is 5.95 Å². The maximum absolute atomic E-state index is 12.7. The molecule has 1 aromatic carbocycles. The smallest absolute Gasteiger partial charge is 0.338 e. The molecule has 0 bridgehead atoms. The van der Waals surface area contributed by atoms with E-state index in [1.165, 1.54) is 10.8 Å². The summed E-state index contributed by atoms with van der Waals surface area (Å²) in [5.41, 5.74) is 1.69. The molecule has 1 aromatic heterocycles. The third-order valence-electron chi connectivity index (χ3n) is 4.00. The Hall–Kier alpha value is -3.36. The van der Waals surface area contributed by atoms with Crippen molar-refractivity contribution in [1.82, 2.24) is 20.2 Å². The minimum absolute atomic E-state index is 0.102. The molecule has 2 heterocycles. The zero-order valence-corrected chi connectivity index (χ0v) is 14.7. The number of hydrogen-bond donors (Lipinski definition) is 1. The first kappa shape index (κ1) is 17.5. The molecule has 1 atom stereocenters. The second-order valence-electron chi connectivity index (χ2n) is 5.51. The average molecular weight is 357 g/mol. The Morgan fingerprint density at radius 3 is 2.88 bits per heavy atom. The van der Waals surface area contributed by atoms with Crippen LogP contribution >= 0.6 is 0 Å². The number of allylic oxidation sites excluding steroid dienone is 1. The Balaban J connectivity index is 2.15. The Morgan fingerprint density at radius 1 is 1.38 bits per heavy atom. The molecule has 1 aliphatic rings. The lowest BCUT2D eigenvalue weighted by molar-refractivity contribution is -0.138. The van der Waals surface area contributed by atoms with E-state index in [0.717, 1.165) is 0 Å². The molecule has 0 saturated carbocycles. The summed E-state index contributed by atoms with van der Waals surface area (Å²) in [6, 6.07) is 4.72. The molecule has 3 rings (SSSR count). The van der Waals surface area contributed by atoms with Crippen molar-refractivity contribution in [3.63, 3.8) is 0 Å². The first-order chi connectivity index (χ1) is 12.6. The van der Waals surface area contributed by atoms with Crippen LogP contribution in [0.25, 0.3) is 0 Å². The summed E-state index contributed by atoms with van der Waals surface area (Å²) in [4.78, 5) is 12.7. The number of ether oxygens (including phenoxy) is 3. The summed E-state index contributed by atoms with van der Waals surface area (Å²) >= 11 is 0. The van der Waals surface area contributed by atoms with Crippen LogP contribution in [-0.4, -0.2) is 47.0 Å². The number of aromatic nitrogens is 4. The number of rotatable bonds is 6. The second-order valence-corrected chi connectivity index (χ2v) is 5.51. The van der Waals surface area contributed by atoms with Gasteiger partial charge in [0.05, 0.1) is 19.8 Å². The summed E-state index contributed by atoms with van der Waals surface area (Å²) in [7, 11) is 3.12. The van der Waals surface area contributed by atoms with Gasteiger partial charge in [0.2, 0.25) is 5.95 Å². The van der Waals surface area contributed by atoms with Crippen LogP contribution in [0.2, 0.25) is 0 Å². The lowest BCUT2D eigenvalue weighted by atomic mass is 9.95. The van der Waals surface area contributed by atoms with E-state index in [0.29, 0.717) is 34.3 Å². The maximum Gasteiger partial charge on any atom is 0.338 e. The van der Waals surface area contributed by atoms with E-state index in [1.54, 1.807) is 33.3 Å². The number of nitrogens with one attached hydrogen (secondary N) is 1. The number of esters is 1. The third kappa shape index (κ3) is 2.99. The van der Waals surface area contributed by atoms with Crippen LogP contribution in [0.5, 0.6) is 11.5 Å². The van der Waals surface area contributed by atoms with Crippen LogP contribution in [0.15, 0.2) is 42.1 Å². The van der Waals surface area contributed by atoms with E-state index in [1.807, 2.05) is 6.07 Å². The number of hydrogen-bond acceptors (Lipinski definition) is 8. The molecule has 0 amide bonds. The van der Waals surface area contributed by atoms with Gasteiger partial charge in [-0.1, -0.05) is 17.8 Å². The zero-order chi connectivity index (χ0) is 18.7. The molecule has 1 N–H and O–H groups in total. The van der Waals surface area contributed by atoms with E-state index in [2.05, 4.69) is 27.4 Å². The number of tetrazole rings is 1. The summed E-state index contributed by atoms with van der Waals surface area (Å²) < 4.78 is 17.5. The van der Waals surface area contributed by atoms with Crippen LogP contribution in [-0.2, 0) is 9.53 Å². The Bertz CT molecular complexity index is 874. The predicted octanol–water partition coefficient (Wildman–Crippen LogP) is 1.71. The van der Waals surface area contributed by atoms with Gasteiger partial charge in [-0.05, 0) is 29.5 Å². The zero-order valence-electron chi connectivity index (χ0n) is 14.7. The van der Waals surface area contributed by atoms with Crippen LogP contribution in [0, 0.1) is 0 Å². The highest BCUT2D eigenvalue weighted by atomic mass is 16.5. The fourth-order valence-corrected chi connectivity index (χ4v) is 2.82. The van der Waals surface area contributed by atoms with Gasteiger partial charge >= 0.3 is 5.97 Å². The number of carbonyl (C=O) groups excluding carboxylic acids is 1. The second kappa shape index (κ2) is 7.26. The minimum atomic E-state index is -0.612. The quantitative estimate of drug-likeness (QED) is 0.616. The van der Waals surface area contributed by atoms with Gasteiger partial charge < -0.3 is 19.5 Å². The first-order valence-corrected chi connectivity index (χ1v) is 7.86. The first-order valence-electron chi connectivity index (χ1n) is 7.86. The number of carbonyl (C=O) groups is 1.